The van der Waals surface area contributed by atoms with Gasteiger partial charge in [-0.2, -0.15) is 12.6 Å². The van der Waals surface area contributed by atoms with Gasteiger partial charge in [0.2, 0.25) is 17.7 Å². The van der Waals surface area contributed by atoms with Crippen LogP contribution >= 0.6 is 12.6 Å². The largest absolute Gasteiger partial charge is 0.480 e. The maximum absolute atomic E-state index is 13.3. The number of hydrogen-bond acceptors (Lipinski definition) is 7. The van der Waals surface area contributed by atoms with Gasteiger partial charge in [-0.3, -0.25) is 14.4 Å². The molecule has 1 aromatic carbocycles. The van der Waals surface area contributed by atoms with Crippen molar-refractivity contribution in [3.8, 4) is 0 Å². The van der Waals surface area contributed by atoms with E-state index < -0.39 is 47.9 Å². The molecule has 196 valence electrons. The molecule has 0 heterocycles. The smallest absolute Gasteiger partial charge is 0.327 e. The molecule has 0 aliphatic heterocycles. The molecule has 0 aromatic heterocycles. The van der Waals surface area contributed by atoms with Gasteiger partial charge in [-0.1, -0.05) is 57.0 Å². The molecule has 10 nitrogen and oxygen atoms in total. The van der Waals surface area contributed by atoms with Crippen LogP contribution in [0.15, 0.2) is 30.3 Å². The maximum atomic E-state index is 13.3. The molecule has 3 amide bonds. The van der Waals surface area contributed by atoms with Gasteiger partial charge in [0, 0.05) is 12.2 Å². The molecule has 1 aromatic rings. The molecule has 0 fully saturated rings. The summed E-state index contributed by atoms with van der Waals surface area (Å²) in [6, 6.07) is 5.18. The number of carbonyl (C=O) groups excluding carboxylic acids is 3. The number of unbranched alkanes of at least 4 members (excludes halogenated alkanes) is 1. The van der Waals surface area contributed by atoms with E-state index in [2.05, 4.69) is 28.6 Å². The average Bonchev–Trinajstić information content (AvgIpc) is 2.84. The summed E-state index contributed by atoms with van der Waals surface area (Å²) in [5.41, 5.74) is 12.3. The molecule has 0 saturated heterocycles. The number of rotatable bonds is 16. The summed E-state index contributed by atoms with van der Waals surface area (Å²) in [7, 11) is 0. The van der Waals surface area contributed by atoms with Crippen LogP contribution in [0.3, 0.4) is 0 Å². The van der Waals surface area contributed by atoms with Crippen molar-refractivity contribution in [2.75, 3.05) is 12.3 Å². The van der Waals surface area contributed by atoms with Crippen LogP contribution in [-0.4, -0.2) is 65.3 Å². The minimum Gasteiger partial charge on any atom is -0.480 e. The normalized spacial score (nSPS) is 15.2. The predicted octanol–water partition coefficient (Wildman–Crippen LogP) is 0.200. The van der Waals surface area contributed by atoms with Crippen molar-refractivity contribution in [2.45, 2.75) is 70.1 Å². The Labute approximate surface area is 212 Å². The lowest BCUT2D eigenvalue weighted by Crippen LogP contribution is -2.59. The summed E-state index contributed by atoms with van der Waals surface area (Å²) in [6.07, 6.45) is 2.60. The third-order valence-electron chi connectivity index (χ3n) is 5.81. The van der Waals surface area contributed by atoms with Crippen molar-refractivity contribution < 1.29 is 24.3 Å². The van der Waals surface area contributed by atoms with E-state index in [9.17, 15) is 24.3 Å². The van der Waals surface area contributed by atoms with Crippen LogP contribution in [0.5, 0.6) is 0 Å². The molecule has 0 radical (unpaired) electrons. The van der Waals surface area contributed by atoms with Gasteiger partial charge in [-0.05, 0) is 30.9 Å². The summed E-state index contributed by atoms with van der Waals surface area (Å²) in [6.45, 7) is 4.13. The van der Waals surface area contributed by atoms with E-state index in [-0.39, 0.29) is 18.1 Å². The molecule has 0 saturated carbocycles. The zero-order chi connectivity index (χ0) is 26.4. The fourth-order valence-electron chi connectivity index (χ4n) is 3.38. The van der Waals surface area contributed by atoms with Crippen LogP contribution in [0.25, 0.3) is 0 Å². The highest BCUT2D eigenvalue weighted by Crippen LogP contribution is 2.11. The number of carboxylic acid groups (broad SMARTS) is 1. The topological polar surface area (TPSA) is 177 Å². The molecule has 0 aliphatic rings. The van der Waals surface area contributed by atoms with Crippen LogP contribution in [0.2, 0.25) is 0 Å². The molecule has 5 atom stereocenters. The maximum Gasteiger partial charge on any atom is 0.327 e. The van der Waals surface area contributed by atoms with E-state index in [1.54, 1.807) is 6.92 Å². The third kappa shape index (κ3) is 10.7. The van der Waals surface area contributed by atoms with Crippen molar-refractivity contribution in [3.63, 3.8) is 0 Å². The van der Waals surface area contributed by atoms with Crippen LogP contribution in [0.1, 0.15) is 45.1 Å². The Morgan fingerprint density at radius 1 is 0.971 bits per heavy atom. The number of benzene rings is 1. The number of nitrogens with two attached hydrogens (primary N) is 2. The summed E-state index contributed by atoms with van der Waals surface area (Å²) < 4.78 is 0. The Morgan fingerprint density at radius 3 is 2.14 bits per heavy atom. The number of aliphatic carboxylic acids is 1. The molecular formula is C24H39N5O5S. The molecule has 0 spiro atoms. The fourth-order valence-corrected chi connectivity index (χ4v) is 3.63. The van der Waals surface area contributed by atoms with E-state index in [1.807, 2.05) is 37.3 Å². The predicted molar refractivity (Wildman–Crippen MR) is 138 cm³/mol. The summed E-state index contributed by atoms with van der Waals surface area (Å²) in [5.74, 6) is -3.27. The molecular weight excluding hydrogens is 470 g/mol. The van der Waals surface area contributed by atoms with Crippen molar-refractivity contribution in [3.05, 3.63) is 35.9 Å². The van der Waals surface area contributed by atoms with Crippen molar-refractivity contribution in [2.24, 2.45) is 17.4 Å². The van der Waals surface area contributed by atoms with E-state index in [1.165, 1.54) is 0 Å². The highest BCUT2D eigenvalue weighted by atomic mass is 32.1. The molecule has 11 heteroatoms. The average molecular weight is 510 g/mol. The first-order chi connectivity index (χ1) is 16.6. The molecule has 5 unspecified atom stereocenters. The van der Waals surface area contributed by atoms with Crippen LogP contribution < -0.4 is 27.4 Å². The highest BCUT2D eigenvalue weighted by Gasteiger charge is 2.32. The standard InChI is InChI=1S/C24H39N5O5S/c1-3-15(2)20(23(32)28-19(14-35)24(33)34)29-22(31)18(13-16-9-5-4-6-10-16)27-21(30)17(26)11-7-8-12-25/h4-6,9-10,15,17-20,35H,3,7-8,11-14,25-26H2,1-2H3,(H,27,30)(H,28,32)(H,29,31)(H,33,34). The van der Waals surface area contributed by atoms with Crippen LogP contribution in [0.4, 0.5) is 0 Å². The first-order valence-corrected chi connectivity index (χ1v) is 12.5. The lowest BCUT2D eigenvalue weighted by atomic mass is 9.96. The fraction of sp³-hybridized carbons (Fsp3) is 0.583. The lowest BCUT2D eigenvalue weighted by molar-refractivity contribution is -0.142. The molecule has 0 aliphatic carbocycles. The first kappa shape index (κ1) is 30.4. The second-order valence-corrected chi connectivity index (χ2v) is 8.96. The van der Waals surface area contributed by atoms with Crippen molar-refractivity contribution in [1.82, 2.24) is 16.0 Å². The molecule has 1 rings (SSSR count). The van der Waals surface area contributed by atoms with E-state index >= 15 is 0 Å². The Hall–Kier alpha value is -2.63. The SMILES string of the molecule is CCC(C)C(NC(=O)C(Cc1ccccc1)NC(=O)C(N)CCCCN)C(=O)NC(CS)C(=O)O. The monoisotopic (exact) mass is 509 g/mol. The van der Waals surface area contributed by atoms with E-state index in [4.69, 9.17) is 11.5 Å². The van der Waals surface area contributed by atoms with Gasteiger partial charge in [0.25, 0.3) is 0 Å². The van der Waals surface area contributed by atoms with Gasteiger partial charge >= 0.3 is 5.97 Å². The zero-order valence-electron chi connectivity index (χ0n) is 20.4. The van der Waals surface area contributed by atoms with Gasteiger partial charge in [0.15, 0.2) is 0 Å². The van der Waals surface area contributed by atoms with Crippen LogP contribution in [-0.2, 0) is 25.6 Å². The molecule has 35 heavy (non-hydrogen) atoms. The third-order valence-corrected chi connectivity index (χ3v) is 6.18. The minimum atomic E-state index is -1.22. The highest BCUT2D eigenvalue weighted by molar-refractivity contribution is 7.80. The van der Waals surface area contributed by atoms with Gasteiger partial charge in [-0.15, -0.1) is 0 Å². The van der Waals surface area contributed by atoms with Crippen molar-refractivity contribution >= 4 is 36.3 Å². The number of hydrogen-bond donors (Lipinski definition) is 7. The Balaban J connectivity index is 3.05. The quantitative estimate of drug-likeness (QED) is 0.123. The number of amides is 3. The second-order valence-electron chi connectivity index (χ2n) is 8.60. The Kier molecular flexibility index (Phi) is 14.0. The number of nitrogens with one attached hydrogen (secondary N) is 3. The van der Waals surface area contributed by atoms with Gasteiger partial charge < -0.3 is 32.5 Å². The van der Waals surface area contributed by atoms with Gasteiger partial charge in [0.1, 0.15) is 18.1 Å². The van der Waals surface area contributed by atoms with Gasteiger partial charge in [0.05, 0.1) is 6.04 Å². The second kappa shape index (κ2) is 16.1. The summed E-state index contributed by atoms with van der Waals surface area (Å²) >= 11 is 3.97. The van der Waals surface area contributed by atoms with Crippen molar-refractivity contribution in [1.29, 1.82) is 0 Å². The van der Waals surface area contributed by atoms with E-state index in [0.717, 1.165) is 12.0 Å². The van der Waals surface area contributed by atoms with Crippen LogP contribution in [0, 0.1) is 5.92 Å². The lowest BCUT2D eigenvalue weighted by Gasteiger charge is -2.28. The summed E-state index contributed by atoms with van der Waals surface area (Å²) in [5, 5.41) is 17.1. The number of carbonyl (C=O) groups is 4. The molecule has 0 bridgehead atoms. The first-order valence-electron chi connectivity index (χ1n) is 11.9. The Bertz CT molecular complexity index is 826. The molecule has 8 N–H and O–H groups in total. The number of carboxylic acids is 1. The van der Waals surface area contributed by atoms with Gasteiger partial charge in [-0.25, -0.2) is 4.79 Å². The minimum absolute atomic E-state index is 0.100. The summed E-state index contributed by atoms with van der Waals surface area (Å²) in [4.78, 5) is 50.2. The van der Waals surface area contributed by atoms with E-state index in [0.29, 0.717) is 25.8 Å². The Morgan fingerprint density at radius 2 is 1.60 bits per heavy atom. The zero-order valence-corrected chi connectivity index (χ0v) is 21.3. The number of thiol groups is 1.